The van der Waals surface area contributed by atoms with Gasteiger partial charge in [0.25, 0.3) is 5.69 Å². The number of benzene rings is 1. The van der Waals surface area contributed by atoms with Crippen LogP contribution in [0.2, 0.25) is 0 Å². The molecule has 1 fully saturated rings. The van der Waals surface area contributed by atoms with Crippen LogP contribution >= 0.6 is 0 Å². The van der Waals surface area contributed by atoms with Crippen LogP contribution in [0.3, 0.4) is 0 Å². The number of anilines is 1. The van der Waals surface area contributed by atoms with E-state index in [1.807, 2.05) is 13.8 Å². The molecule has 0 bridgehead atoms. The molecule has 0 atom stereocenters. The summed E-state index contributed by atoms with van der Waals surface area (Å²) < 4.78 is 48.2. The Morgan fingerprint density at radius 3 is 2.57 bits per heavy atom. The Morgan fingerprint density at radius 2 is 2.04 bits per heavy atom. The predicted molar refractivity (Wildman–Crippen MR) is 80.6 cm³/mol. The van der Waals surface area contributed by atoms with Crippen LogP contribution in [-0.2, 0) is 9.84 Å². The van der Waals surface area contributed by atoms with Gasteiger partial charge in [-0.2, -0.15) is 8.78 Å². The average molecular weight is 349 g/mol. The first-order chi connectivity index (χ1) is 10.5. The van der Waals surface area contributed by atoms with Gasteiger partial charge in [-0.15, -0.1) is 0 Å². The molecule has 1 aliphatic rings. The van der Waals surface area contributed by atoms with Crippen LogP contribution in [0, 0.1) is 10.1 Å². The van der Waals surface area contributed by atoms with E-state index in [-0.39, 0.29) is 11.2 Å². The summed E-state index contributed by atoms with van der Waals surface area (Å²) in [5.41, 5.74) is -0.554. The van der Waals surface area contributed by atoms with E-state index in [1.165, 1.54) is 6.07 Å². The molecule has 0 saturated carbocycles. The number of alkyl halides is 2. The van der Waals surface area contributed by atoms with Gasteiger partial charge in [0, 0.05) is 31.2 Å². The number of piperazine rings is 1. The fourth-order valence-electron chi connectivity index (χ4n) is 2.54. The topological polar surface area (TPSA) is 92.5 Å². The zero-order chi connectivity index (χ0) is 17.4. The first-order valence-electron chi connectivity index (χ1n) is 6.85. The summed E-state index contributed by atoms with van der Waals surface area (Å²) in [4.78, 5) is 11.5. The Morgan fingerprint density at radius 1 is 1.39 bits per heavy atom. The van der Waals surface area contributed by atoms with Crippen LogP contribution in [0.25, 0.3) is 0 Å². The summed E-state index contributed by atoms with van der Waals surface area (Å²) in [6.07, 6.45) is 0. The van der Waals surface area contributed by atoms with Gasteiger partial charge in [0.1, 0.15) is 5.69 Å². The highest BCUT2D eigenvalue weighted by Crippen LogP contribution is 2.33. The highest BCUT2D eigenvalue weighted by Gasteiger charge is 2.33. The number of halogens is 2. The molecule has 1 heterocycles. The van der Waals surface area contributed by atoms with E-state index in [1.54, 1.807) is 4.90 Å². The molecule has 23 heavy (non-hydrogen) atoms. The minimum Gasteiger partial charge on any atom is -0.363 e. The molecule has 0 aromatic heterocycles. The first-order valence-corrected chi connectivity index (χ1v) is 8.40. The van der Waals surface area contributed by atoms with E-state index in [9.17, 15) is 27.3 Å². The first kappa shape index (κ1) is 17.5. The zero-order valence-electron chi connectivity index (χ0n) is 12.6. The zero-order valence-corrected chi connectivity index (χ0v) is 13.4. The van der Waals surface area contributed by atoms with E-state index in [2.05, 4.69) is 5.32 Å². The molecule has 0 aliphatic carbocycles. The average Bonchev–Trinajstić information content (AvgIpc) is 2.45. The summed E-state index contributed by atoms with van der Waals surface area (Å²) in [7, 11) is -4.87. The Hall–Kier alpha value is -1.81. The summed E-state index contributed by atoms with van der Waals surface area (Å²) in [5.74, 6) is -3.62. The molecule has 2 rings (SSSR count). The summed E-state index contributed by atoms with van der Waals surface area (Å²) >= 11 is 0. The number of nitrogens with one attached hydrogen (secondary N) is 1. The maximum absolute atomic E-state index is 12.6. The lowest BCUT2D eigenvalue weighted by atomic mass is 10.0. The molecule has 128 valence electrons. The summed E-state index contributed by atoms with van der Waals surface area (Å²) in [6, 6.07) is 2.90. The maximum Gasteiger partial charge on any atom is 0.341 e. The van der Waals surface area contributed by atoms with Gasteiger partial charge >= 0.3 is 5.76 Å². The third-order valence-corrected chi connectivity index (χ3v) is 5.00. The molecule has 10 heteroatoms. The van der Waals surface area contributed by atoms with E-state index < -0.39 is 31.1 Å². The van der Waals surface area contributed by atoms with Gasteiger partial charge in [-0.1, -0.05) is 0 Å². The van der Waals surface area contributed by atoms with E-state index >= 15 is 0 Å². The smallest absolute Gasteiger partial charge is 0.341 e. The van der Waals surface area contributed by atoms with Crippen LogP contribution < -0.4 is 10.2 Å². The van der Waals surface area contributed by atoms with Crippen molar-refractivity contribution in [3.8, 4) is 0 Å². The van der Waals surface area contributed by atoms with Crippen LogP contribution in [0.15, 0.2) is 23.1 Å². The van der Waals surface area contributed by atoms with Crippen molar-refractivity contribution < 1.29 is 22.1 Å². The summed E-state index contributed by atoms with van der Waals surface area (Å²) in [6.45, 7) is 5.42. The van der Waals surface area contributed by atoms with Gasteiger partial charge < -0.3 is 10.2 Å². The van der Waals surface area contributed by atoms with Gasteiger partial charge in [-0.25, -0.2) is 8.42 Å². The highest BCUT2D eigenvalue weighted by molar-refractivity contribution is 7.91. The molecular formula is C13H17F2N3O4S. The lowest BCUT2D eigenvalue weighted by Gasteiger charge is -2.40. The predicted octanol–water partition coefficient (Wildman–Crippen LogP) is 1.78. The van der Waals surface area contributed by atoms with Gasteiger partial charge in [-0.05, 0) is 26.0 Å². The molecule has 0 unspecified atom stereocenters. The van der Waals surface area contributed by atoms with Crippen molar-refractivity contribution in [2.24, 2.45) is 0 Å². The molecule has 1 aromatic carbocycles. The van der Waals surface area contributed by atoms with Crippen molar-refractivity contribution in [2.75, 3.05) is 24.5 Å². The second kappa shape index (κ2) is 6.00. The van der Waals surface area contributed by atoms with Gasteiger partial charge in [0.15, 0.2) is 0 Å². The molecule has 1 N–H and O–H groups in total. The van der Waals surface area contributed by atoms with Crippen molar-refractivity contribution >= 4 is 21.2 Å². The largest absolute Gasteiger partial charge is 0.363 e. The second-order valence-electron chi connectivity index (χ2n) is 5.95. The SMILES string of the molecule is CC1(C)CN(c2ccc(S(=O)(=O)C(F)F)cc2[N+](=O)[O-])CCN1. The van der Waals surface area contributed by atoms with Crippen molar-refractivity contribution in [2.45, 2.75) is 30.0 Å². The Bertz CT molecular complexity index is 722. The van der Waals surface area contributed by atoms with E-state index in [4.69, 9.17) is 0 Å². The van der Waals surface area contributed by atoms with Crippen LogP contribution in [-0.4, -0.2) is 44.3 Å². The van der Waals surface area contributed by atoms with Crippen molar-refractivity contribution in [1.29, 1.82) is 0 Å². The highest BCUT2D eigenvalue weighted by atomic mass is 32.2. The number of sulfone groups is 1. The van der Waals surface area contributed by atoms with E-state index in [0.717, 1.165) is 6.07 Å². The third kappa shape index (κ3) is 3.58. The van der Waals surface area contributed by atoms with Crippen molar-refractivity contribution in [3.63, 3.8) is 0 Å². The molecule has 0 spiro atoms. The Labute approximate surface area is 132 Å². The standard InChI is InChI=1S/C13H17F2N3O4S/c1-13(2)8-17(6-5-16-13)10-4-3-9(7-11(10)18(19)20)23(21,22)12(14)15/h3-4,7,12,16H,5-6,8H2,1-2H3. The molecular weight excluding hydrogens is 332 g/mol. The van der Waals surface area contributed by atoms with Crippen LogP contribution in [0.5, 0.6) is 0 Å². The lowest BCUT2D eigenvalue weighted by molar-refractivity contribution is -0.384. The van der Waals surface area contributed by atoms with Crippen molar-refractivity contribution in [3.05, 3.63) is 28.3 Å². The number of nitrogens with zero attached hydrogens (tertiary/aromatic N) is 2. The fraction of sp³-hybridized carbons (Fsp3) is 0.538. The minimum atomic E-state index is -4.87. The van der Waals surface area contributed by atoms with Crippen LogP contribution in [0.4, 0.5) is 20.2 Å². The number of nitro benzene ring substituents is 1. The monoisotopic (exact) mass is 349 g/mol. The van der Waals surface area contributed by atoms with Crippen molar-refractivity contribution in [1.82, 2.24) is 5.32 Å². The molecule has 0 radical (unpaired) electrons. The number of hydrogen-bond acceptors (Lipinski definition) is 6. The Balaban J connectivity index is 2.48. The number of rotatable bonds is 4. The van der Waals surface area contributed by atoms with Crippen LogP contribution in [0.1, 0.15) is 13.8 Å². The molecule has 7 nitrogen and oxygen atoms in total. The summed E-state index contributed by atoms with van der Waals surface area (Å²) in [5, 5.41) is 14.5. The Kier molecular flexibility index (Phi) is 4.58. The minimum absolute atomic E-state index is 0.220. The molecule has 1 aliphatic heterocycles. The number of hydrogen-bond donors (Lipinski definition) is 1. The molecule has 1 saturated heterocycles. The lowest BCUT2D eigenvalue weighted by Crippen LogP contribution is -2.57. The maximum atomic E-state index is 12.6. The molecule has 1 aromatic rings. The van der Waals surface area contributed by atoms with Gasteiger partial charge in [-0.3, -0.25) is 10.1 Å². The quantitative estimate of drug-likeness (QED) is 0.658. The normalized spacial score (nSPS) is 18.2. The fourth-order valence-corrected chi connectivity index (χ4v) is 3.28. The molecule has 0 amide bonds. The van der Waals surface area contributed by atoms with Gasteiger partial charge in [0.05, 0.1) is 9.82 Å². The van der Waals surface area contributed by atoms with E-state index in [0.29, 0.717) is 25.7 Å². The third-order valence-electron chi connectivity index (χ3n) is 3.62. The van der Waals surface area contributed by atoms with Gasteiger partial charge in [0.2, 0.25) is 9.84 Å². The second-order valence-corrected chi connectivity index (χ2v) is 7.86. The number of nitro groups is 1.